The van der Waals surface area contributed by atoms with Crippen molar-refractivity contribution in [1.29, 1.82) is 0 Å². The number of halogens is 2. The molecule has 0 spiro atoms. The van der Waals surface area contributed by atoms with Crippen molar-refractivity contribution in [3.63, 3.8) is 0 Å². The van der Waals surface area contributed by atoms with Crippen LogP contribution < -0.4 is 15.0 Å². The molecule has 9 heteroatoms. The summed E-state index contributed by atoms with van der Waals surface area (Å²) < 4.78 is 38.7. The first-order valence-corrected chi connectivity index (χ1v) is 11.4. The maximum atomic E-state index is 14.3. The summed E-state index contributed by atoms with van der Waals surface area (Å²) in [5, 5.41) is 0.414. The van der Waals surface area contributed by atoms with Crippen molar-refractivity contribution in [2.45, 2.75) is 6.92 Å². The number of rotatable bonds is 7. The van der Waals surface area contributed by atoms with Gasteiger partial charge in [-0.2, -0.15) is 0 Å². The molecule has 0 atom stereocenters. The monoisotopic (exact) mass is 472 g/mol. The van der Waals surface area contributed by atoms with Gasteiger partial charge < -0.3 is 14.0 Å². The van der Waals surface area contributed by atoms with Gasteiger partial charge >= 0.3 is 0 Å². The largest absolute Gasteiger partial charge is 0.454 e. The van der Waals surface area contributed by atoms with Crippen LogP contribution in [0.3, 0.4) is 0 Å². The van der Waals surface area contributed by atoms with Gasteiger partial charge in [-0.1, -0.05) is 18.9 Å². The van der Waals surface area contributed by atoms with Gasteiger partial charge in [0.15, 0.2) is 17.9 Å². The number of fused-ring (bicyclic) bond motifs is 1. The third-order valence-electron chi connectivity index (χ3n) is 4.70. The number of ether oxygens (including phenoxy) is 1. The summed E-state index contributed by atoms with van der Waals surface area (Å²) in [5.74, 6) is -0.497. The van der Waals surface area contributed by atoms with Crippen LogP contribution in [0.2, 0.25) is 0 Å². The first-order chi connectivity index (χ1) is 15.4. The molecule has 0 amide bonds. The van der Waals surface area contributed by atoms with E-state index < -0.39 is 11.6 Å². The van der Waals surface area contributed by atoms with Gasteiger partial charge in [0.25, 0.3) is 5.56 Å². The van der Waals surface area contributed by atoms with Crippen LogP contribution in [0.4, 0.5) is 14.5 Å². The van der Waals surface area contributed by atoms with Gasteiger partial charge in [0.05, 0.1) is 10.3 Å². The molecule has 5 nitrogen and oxygen atoms in total. The smallest absolute Gasteiger partial charge is 0.259 e. The Hall–Kier alpha value is -3.17. The molecule has 2 aromatic heterocycles. The lowest BCUT2D eigenvalue weighted by molar-refractivity contribution is 0.112. The number of aryl methyl sites for hydroxylation is 1. The van der Waals surface area contributed by atoms with Crippen molar-refractivity contribution in [3.05, 3.63) is 75.5 Å². The van der Waals surface area contributed by atoms with Crippen LogP contribution in [-0.2, 0) is 7.05 Å². The number of benzene rings is 2. The van der Waals surface area contributed by atoms with Gasteiger partial charge in [-0.05, 0) is 36.4 Å². The average Bonchev–Trinajstić information content (AvgIpc) is 3.22. The Balaban J connectivity index is 1.93. The highest BCUT2D eigenvalue weighted by molar-refractivity contribution is 8.00. The van der Waals surface area contributed by atoms with Gasteiger partial charge in [0.2, 0.25) is 0 Å². The van der Waals surface area contributed by atoms with E-state index in [1.54, 1.807) is 31.4 Å². The Kier molecular flexibility index (Phi) is 6.29. The van der Waals surface area contributed by atoms with Crippen molar-refractivity contribution in [3.8, 4) is 22.6 Å². The lowest BCUT2D eigenvalue weighted by Gasteiger charge is -2.15. The maximum absolute atomic E-state index is 14.3. The summed E-state index contributed by atoms with van der Waals surface area (Å²) in [6.07, 6.45) is 2.37. The molecule has 32 heavy (non-hydrogen) atoms. The van der Waals surface area contributed by atoms with Gasteiger partial charge in [0.1, 0.15) is 11.6 Å². The second-order valence-electron chi connectivity index (χ2n) is 6.89. The molecule has 4 rings (SSSR count). The van der Waals surface area contributed by atoms with Crippen LogP contribution in [0, 0.1) is 11.6 Å². The number of anilines is 1. The molecule has 0 aliphatic heterocycles. The Bertz CT molecular complexity index is 1380. The molecule has 164 valence electrons. The Morgan fingerprint density at radius 2 is 1.91 bits per heavy atom. The van der Waals surface area contributed by atoms with Gasteiger partial charge in [-0.3, -0.25) is 9.59 Å². The summed E-state index contributed by atoms with van der Waals surface area (Å²) in [4.78, 5) is 24.4. The number of hydrogen-bond acceptors (Lipinski definition) is 6. The highest BCUT2D eigenvalue weighted by atomic mass is 32.2. The molecule has 4 aromatic rings. The fourth-order valence-electron chi connectivity index (χ4n) is 3.24. The van der Waals surface area contributed by atoms with Crippen molar-refractivity contribution in [2.24, 2.45) is 7.05 Å². The number of hydrogen-bond donors (Lipinski definition) is 1. The van der Waals surface area contributed by atoms with E-state index in [2.05, 4.69) is 4.72 Å². The summed E-state index contributed by atoms with van der Waals surface area (Å²) in [5.41, 5.74) is 1.81. The number of carbonyl (C=O) groups excluding carboxylic acids is 1. The number of pyridine rings is 1. The number of aldehydes is 1. The van der Waals surface area contributed by atoms with Crippen LogP contribution in [0.25, 0.3) is 21.2 Å². The fraction of sp³-hybridized carbons (Fsp3) is 0.130. The van der Waals surface area contributed by atoms with Crippen LogP contribution in [0.5, 0.6) is 11.5 Å². The van der Waals surface area contributed by atoms with Gasteiger partial charge in [-0.15, -0.1) is 11.3 Å². The van der Waals surface area contributed by atoms with Crippen LogP contribution >= 0.6 is 23.3 Å². The van der Waals surface area contributed by atoms with Crippen LogP contribution in [-0.4, -0.2) is 16.6 Å². The second kappa shape index (κ2) is 9.13. The predicted octanol–water partition coefficient (Wildman–Crippen LogP) is 6.23. The quantitative estimate of drug-likeness (QED) is 0.255. The molecule has 0 radical (unpaired) electrons. The Morgan fingerprint density at radius 3 is 2.62 bits per heavy atom. The van der Waals surface area contributed by atoms with Crippen LogP contribution in [0.1, 0.15) is 16.6 Å². The van der Waals surface area contributed by atoms with Crippen molar-refractivity contribution in [1.82, 2.24) is 4.57 Å². The molecule has 2 heterocycles. The van der Waals surface area contributed by atoms with Crippen molar-refractivity contribution >= 4 is 45.3 Å². The number of thiophene rings is 1. The normalized spacial score (nSPS) is 11.0. The highest BCUT2D eigenvalue weighted by Gasteiger charge is 2.18. The van der Waals surface area contributed by atoms with Crippen LogP contribution in [0.15, 0.2) is 53.5 Å². The third-order valence-corrected chi connectivity index (χ3v) is 6.47. The minimum Gasteiger partial charge on any atom is -0.454 e. The SMILES string of the molecule is CCSNc1ccc(Oc2ccc(F)cc2F)c(-c2cn(C)c(=O)c3cc(C=O)sc23)c1. The molecule has 0 unspecified atom stereocenters. The van der Waals surface area contributed by atoms with E-state index in [9.17, 15) is 18.4 Å². The third kappa shape index (κ3) is 4.26. The van der Waals surface area contributed by atoms with Gasteiger partial charge in [-0.25, -0.2) is 8.78 Å². The predicted molar refractivity (Wildman–Crippen MR) is 126 cm³/mol. The Morgan fingerprint density at radius 1 is 1.12 bits per heavy atom. The average molecular weight is 473 g/mol. The molecule has 0 saturated heterocycles. The standard InChI is InChI=1S/C23H18F2N2O3S2/c1-3-31-26-14-5-7-20(30-21-6-4-13(24)8-19(21)25)16(9-14)18-11-27(2)23(29)17-10-15(12-28)32-22(17)18/h4-12,26H,3H2,1-2H3. The van der Waals surface area contributed by atoms with E-state index in [0.29, 0.717) is 38.1 Å². The summed E-state index contributed by atoms with van der Waals surface area (Å²) >= 11 is 2.70. The molecule has 0 fully saturated rings. The second-order valence-corrected chi connectivity index (χ2v) is 9.04. The summed E-state index contributed by atoms with van der Waals surface area (Å²) in [6.45, 7) is 2.01. The van der Waals surface area contributed by atoms with Crippen molar-refractivity contribution < 1.29 is 18.3 Å². The first kappa shape index (κ1) is 22.0. The molecule has 1 N–H and O–H groups in total. The zero-order valence-electron chi connectivity index (χ0n) is 17.1. The number of nitrogens with one attached hydrogen (secondary N) is 1. The minimum absolute atomic E-state index is 0.128. The Labute approximate surface area is 190 Å². The summed E-state index contributed by atoms with van der Waals surface area (Å²) in [7, 11) is 1.62. The first-order valence-electron chi connectivity index (χ1n) is 9.64. The molecular formula is C23H18F2N2O3S2. The number of carbonyl (C=O) groups is 1. The van der Waals surface area contributed by atoms with E-state index in [0.717, 1.165) is 23.6 Å². The zero-order valence-corrected chi connectivity index (χ0v) is 18.8. The number of nitrogens with zero attached hydrogens (tertiary/aromatic N) is 1. The molecule has 0 aliphatic rings. The molecule has 0 saturated carbocycles. The highest BCUT2D eigenvalue weighted by Crippen LogP contribution is 2.41. The molecule has 0 bridgehead atoms. The molecule has 2 aromatic carbocycles. The topological polar surface area (TPSA) is 60.3 Å². The van der Waals surface area contributed by atoms with E-state index in [1.807, 2.05) is 13.0 Å². The maximum Gasteiger partial charge on any atom is 0.259 e. The van der Waals surface area contributed by atoms with Crippen molar-refractivity contribution in [2.75, 3.05) is 10.5 Å². The lowest BCUT2D eigenvalue weighted by atomic mass is 10.0. The van der Waals surface area contributed by atoms with E-state index in [-0.39, 0.29) is 11.3 Å². The van der Waals surface area contributed by atoms with E-state index >= 15 is 0 Å². The van der Waals surface area contributed by atoms with E-state index in [4.69, 9.17) is 4.74 Å². The minimum atomic E-state index is -0.829. The molecular weight excluding hydrogens is 454 g/mol. The lowest BCUT2D eigenvalue weighted by Crippen LogP contribution is -2.15. The molecule has 0 aliphatic carbocycles. The number of aromatic nitrogens is 1. The van der Waals surface area contributed by atoms with Gasteiger partial charge in [0, 0.05) is 46.6 Å². The zero-order chi connectivity index (χ0) is 22.8. The van der Waals surface area contributed by atoms with E-state index in [1.165, 1.54) is 33.9 Å². The fourth-order valence-corrected chi connectivity index (χ4v) is 4.67. The summed E-state index contributed by atoms with van der Waals surface area (Å²) in [6, 6.07) is 9.95.